The Labute approximate surface area is 124 Å². The lowest BCUT2D eigenvalue weighted by Gasteiger charge is -2.07. The summed E-state index contributed by atoms with van der Waals surface area (Å²) >= 11 is 6.05. The number of benzene rings is 2. The van der Waals surface area contributed by atoms with E-state index in [4.69, 9.17) is 16.3 Å². The monoisotopic (exact) mass is 306 g/mol. The average Bonchev–Trinajstić information content (AvgIpc) is 2.46. The smallest absolute Gasteiger partial charge is 0.164 e. The largest absolute Gasteiger partial charge is 0.497 e. The normalized spacial score (nSPS) is 10.9. The summed E-state index contributed by atoms with van der Waals surface area (Å²) in [7, 11) is 1.45. The van der Waals surface area contributed by atoms with E-state index in [2.05, 4.69) is 9.97 Å². The number of halogens is 3. The first kappa shape index (κ1) is 13.7. The third kappa shape index (κ3) is 2.52. The fourth-order valence-corrected chi connectivity index (χ4v) is 2.23. The minimum absolute atomic E-state index is 0.0956. The molecule has 0 aliphatic heterocycles. The van der Waals surface area contributed by atoms with Crippen LogP contribution < -0.4 is 4.74 Å². The predicted molar refractivity (Wildman–Crippen MR) is 76.5 cm³/mol. The molecule has 0 N–H and O–H groups in total. The zero-order chi connectivity index (χ0) is 15.0. The lowest BCUT2D eigenvalue weighted by Crippen LogP contribution is -1.95. The Hall–Kier alpha value is -2.27. The maximum atomic E-state index is 14.1. The average molecular weight is 307 g/mol. The van der Waals surface area contributed by atoms with Gasteiger partial charge in [0.15, 0.2) is 5.82 Å². The number of hydrogen-bond acceptors (Lipinski definition) is 3. The van der Waals surface area contributed by atoms with E-state index in [1.165, 1.54) is 37.4 Å². The second kappa shape index (κ2) is 5.26. The van der Waals surface area contributed by atoms with Gasteiger partial charge in [-0.1, -0.05) is 11.6 Å². The summed E-state index contributed by atoms with van der Waals surface area (Å²) in [6.07, 6.45) is 0. The Balaban J connectivity index is 2.21. The maximum Gasteiger partial charge on any atom is 0.164 e. The lowest BCUT2D eigenvalue weighted by atomic mass is 10.1. The van der Waals surface area contributed by atoms with E-state index in [1.807, 2.05) is 0 Å². The van der Waals surface area contributed by atoms with Gasteiger partial charge in [0.25, 0.3) is 0 Å². The van der Waals surface area contributed by atoms with E-state index in [0.717, 1.165) is 0 Å². The van der Waals surface area contributed by atoms with Crippen molar-refractivity contribution in [2.75, 3.05) is 7.11 Å². The summed E-state index contributed by atoms with van der Waals surface area (Å²) < 4.78 is 32.3. The van der Waals surface area contributed by atoms with Crippen molar-refractivity contribution in [3.05, 3.63) is 53.2 Å². The molecule has 106 valence electrons. The van der Waals surface area contributed by atoms with Gasteiger partial charge in [0.2, 0.25) is 0 Å². The first-order valence-electron chi connectivity index (χ1n) is 6.05. The molecule has 0 saturated heterocycles. The van der Waals surface area contributed by atoms with Crippen molar-refractivity contribution < 1.29 is 13.5 Å². The summed E-state index contributed by atoms with van der Waals surface area (Å²) in [4.78, 5) is 8.24. The molecule has 3 aromatic rings. The van der Waals surface area contributed by atoms with Gasteiger partial charge in [-0.05, 0) is 24.3 Å². The molecular formula is C15H9ClF2N2O. The van der Waals surface area contributed by atoms with Gasteiger partial charge in [0.1, 0.15) is 22.5 Å². The van der Waals surface area contributed by atoms with Crippen molar-refractivity contribution in [1.29, 1.82) is 0 Å². The van der Waals surface area contributed by atoms with Crippen LogP contribution in [0.2, 0.25) is 5.15 Å². The first-order chi connectivity index (χ1) is 10.1. The molecule has 0 spiro atoms. The van der Waals surface area contributed by atoms with Crippen LogP contribution in [-0.2, 0) is 0 Å². The maximum absolute atomic E-state index is 14.1. The lowest BCUT2D eigenvalue weighted by molar-refractivity contribution is 0.411. The molecule has 21 heavy (non-hydrogen) atoms. The third-order valence-electron chi connectivity index (χ3n) is 3.03. The van der Waals surface area contributed by atoms with Crippen molar-refractivity contribution in [2.45, 2.75) is 0 Å². The van der Waals surface area contributed by atoms with Crippen molar-refractivity contribution in [1.82, 2.24) is 9.97 Å². The summed E-state index contributed by atoms with van der Waals surface area (Å²) in [5.74, 6) is -0.507. The van der Waals surface area contributed by atoms with E-state index in [9.17, 15) is 8.78 Å². The number of aromatic nitrogens is 2. The molecule has 0 radical (unpaired) electrons. The molecule has 0 aliphatic carbocycles. The molecule has 0 amide bonds. The van der Waals surface area contributed by atoms with Crippen LogP contribution >= 0.6 is 11.6 Å². The standard InChI is InChI=1S/C15H9ClF2N2O/c1-21-9-3-5-10(12(18)7-9)15-19-13-6-8(17)2-4-11(13)14(16)20-15/h2-7H,1H3. The highest BCUT2D eigenvalue weighted by atomic mass is 35.5. The van der Waals surface area contributed by atoms with Gasteiger partial charge in [-0.25, -0.2) is 18.7 Å². The number of ether oxygens (including phenoxy) is 1. The molecular weight excluding hydrogens is 298 g/mol. The zero-order valence-electron chi connectivity index (χ0n) is 10.9. The van der Waals surface area contributed by atoms with Crippen molar-refractivity contribution in [2.24, 2.45) is 0 Å². The predicted octanol–water partition coefficient (Wildman–Crippen LogP) is 4.24. The molecule has 0 unspecified atom stereocenters. The second-order valence-electron chi connectivity index (χ2n) is 4.35. The summed E-state index contributed by atoms with van der Waals surface area (Å²) in [5.41, 5.74) is 0.490. The fourth-order valence-electron chi connectivity index (χ4n) is 1.99. The van der Waals surface area contributed by atoms with E-state index in [1.54, 1.807) is 6.07 Å². The van der Waals surface area contributed by atoms with E-state index < -0.39 is 11.6 Å². The summed E-state index contributed by atoms with van der Waals surface area (Å²) in [5, 5.41) is 0.654. The Morgan fingerprint density at radius 2 is 1.86 bits per heavy atom. The van der Waals surface area contributed by atoms with Crippen molar-refractivity contribution >= 4 is 22.5 Å². The van der Waals surface area contributed by atoms with Gasteiger partial charge < -0.3 is 4.74 Å². The second-order valence-corrected chi connectivity index (χ2v) is 4.70. The quantitative estimate of drug-likeness (QED) is 0.664. The molecule has 1 heterocycles. The van der Waals surface area contributed by atoms with Crippen LogP contribution in [0.1, 0.15) is 0 Å². The molecule has 0 atom stereocenters. The molecule has 3 nitrogen and oxygen atoms in total. The fraction of sp³-hybridized carbons (Fsp3) is 0.0667. The number of fused-ring (bicyclic) bond motifs is 1. The number of methoxy groups -OCH3 is 1. The van der Waals surface area contributed by atoms with Crippen molar-refractivity contribution in [3.8, 4) is 17.1 Å². The Bertz CT molecular complexity index is 839. The number of rotatable bonds is 2. The summed E-state index contributed by atoms with van der Waals surface area (Å²) in [6, 6.07) is 8.29. The molecule has 6 heteroatoms. The highest BCUT2D eigenvalue weighted by molar-refractivity contribution is 6.34. The minimum Gasteiger partial charge on any atom is -0.497 e. The van der Waals surface area contributed by atoms with Crippen LogP contribution in [0.4, 0.5) is 8.78 Å². The van der Waals surface area contributed by atoms with Crippen molar-refractivity contribution in [3.63, 3.8) is 0 Å². The van der Waals surface area contributed by atoms with Crippen LogP contribution in [0.25, 0.3) is 22.3 Å². The van der Waals surface area contributed by atoms with Gasteiger partial charge in [-0.2, -0.15) is 0 Å². The molecule has 0 saturated carbocycles. The molecule has 0 aliphatic rings. The van der Waals surface area contributed by atoms with E-state index in [-0.39, 0.29) is 16.5 Å². The van der Waals surface area contributed by atoms with Gasteiger partial charge >= 0.3 is 0 Å². The van der Waals surface area contributed by atoms with Crippen LogP contribution in [-0.4, -0.2) is 17.1 Å². The Morgan fingerprint density at radius 1 is 1.05 bits per heavy atom. The van der Waals surface area contributed by atoms with Gasteiger partial charge in [0, 0.05) is 17.5 Å². The molecule has 0 bridgehead atoms. The van der Waals surface area contributed by atoms with Gasteiger partial charge in [-0.15, -0.1) is 0 Å². The molecule has 3 rings (SSSR count). The summed E-state index contributed by atoms with van der Waals surface area (Å²) in [6.45, 7) is 0. The van der Waals surface area contributed by atoms with Gasteiger partial charge in [-0.3, -0.25) is 0 Å². The Morgan fingerprint density at radius 3 is 2.57 bits per heavy atom. The van der Waals surface area contributed by atoms with Crippen LogP contribution in [0.3, 0.4) is 0 Å². The number of hydrogen-bond donors (Lipinski definition) is 0. The highest BCUT2D eigenvalue weighted by Crippen LogP contribution is 2.28. The topological polar surface area (TPSA) is 35.0 Å². The van der Waals surface area contributed by atoms with Gasteiger partial charge in [0.05, 0.1) is 18.2 Å². The zero-order valence-corrected chi connectivity index (χ0v) is 11.7. The molecule has 2 aromatic carbocycles. The van der Waals surface area contributed by atoms with E-state index in [0.29, 0.717) is 16.7 Å². The SMILES string of the molecule is COc1ccc(-c2nc(Cl)c3ccc(F)cc3n2)c(F)c1. The Kier molecular flexibility index (Phi) is 3.43. The van der Waals surface area contributed by atoms with Crippen LogP contribution in [0, 0.1) is 11.6 Å². The van der Waals surface area contributed by atoms with E-state index >= 15 is 0 Å². The minimum atomic E-state index is -0.541. The molecule has 0 fully saturated rings. The molecule has 1 aromatic heterocycles. The first-order valence-corrected chi connectivity index (χ1v) is 6.43. The van der Waals surface area contributed by atoms with Crippen LogP contribution in [0.5, 0.6) is 5.75 Å². The number of nitrogens with zero attached hydrogens (tertiary/aromatic N) is 2. The third-order valence-corrected chi connectivity index (χ3v) is 3.32. The van der Waals surface area contributed by atoms with Crippen LogP contribution in [0.15, 0.2) is 36.4 Å². The highest BCUT2D eigenvalue weighted by Gasteiger charge is 2.13.